The number of anilines is 1. The molecule has 2 aromatic heterocycles. The van der Waals surface area contributed by atoms with Gasteiger partial charge < -0.3 is 19.5 Å². The molecular weight excluding hydrogens is 412 g/mol. The zero-order valence-electron chi connectivity index (χ0n) is 17.7. The normalized spacial score (nSPS) is 16.2. The third kappa shape index (κ3) is 5.19. The van der Waals surface area contributed by atoms with E-state index in [-0.39, 0.29) is 11.9 Å². The molecule has 1 aromatic carbocycles. The number of rotatable bonds is 7. The van der Waals surface area contributed by atoms with E-state index in [2.05, 4.69) is 26.4 Å². The van der Waals surface area contributed by atoms with Gasteiger partial charge in [-0.2, -0.15) is 0 Å². The highest BCUT2D eigenvalue weighted by Gasteiger charge is 2.24. The fraction of sp³-hybridized carbons (Fsp3) is 0.348. The molecule has 1 aliphatic heterocycles. The van der Waals surface area contributed by atoms with E-state index in [9.17, 15) is 4.79 Å². The first-order valence-corrected chi connectivity index (χ1v) is 11.3. The third-order valence-electron chi connectivity index (χ3n) is 5.23. The lowest BCUT2D eigenvalue weighted by Crippen LogP contribution is -2.48. The smallest absolute Gasteiger partial charge is 0.254 e. The predicted molar refractivity (Wildman–Crippen MR) is 121 cm³/mol. The van der Waals surface area contributed by atoms with Crippen molar-refractivity contribution < 1.29 is 14.1 Å². The van der Waals surface area contributed by atoms with Gasteiger partial charge in [-0.05, 0) is 44.0 Å². The Morgan fingerprint density at radius 1 is 1.32 bits per heavy atom. The number of para-hydroxylation sites is 2. The maximum absolute atomic E-state index is 13.1. The Morgan fingerprint density at radius 2 is 2.19 bits per heavy atom. The molecule has 4 rings (SSSR count). The summed E-state index contributed by atoms with van der Waals surface area (Å²) in [6, 6.07) is 13.6. The van der Waals surface area contributed by atoms with Crippen LogP contribution < -0.4 is 15.0 Å². The van der Waals surface area contributed by atoms with Gasteiger partial charge in [-0.15, -0.1) is 0 Å². The van der Waals surface area contributed by atoms with E-state index in [1.54, 1.807) is 19.4 Å². The fourth-order valence-electron chi connectivity index (χ4n) is 3.77. The molecule has 8 heteroatoms. The first kappa shape index (κ1) is 21.2. The summed E-state index contributed by atoms with van der Waals surface area (Å²) >= 11 is 1.48. The van der Waals surface area contributed by atoms with Crippen molar-refractivity contribution in [1.29, 1.82) is 0 Å². The van der Waals surface area contributed by atoms with Crippen LogP contribution in [0.3, 0.4) is 0 Å². The molecule has 0 bridgehead atoms. The molecule has 162 valence electrons. The Bertz CT molecular complexity index is 1040. The van der Waals surface area contributed by atoms with Gasteiger partial charge in [0.2, 0.25) is 0 Å². The number of aryl methyl sites for hydroxylation is 1. The first-order valence-electron chi connectivity index (χ1n) is 10.3. The van der Waals surface area contributed by atoms with E-state index in [0.29, 0.717) is 16.3 Å². The van der Waals surface area contributed by atoms with E-state index in [1.165, 1.54) is 11.8 Å². The summed E-state index contributed by atoms with van der Waals surface area (Å²) in [7, 11) is 1.68. The van der Waals surface area contributed by atoms with Crippen LogP contribution in [0.2, 0.25) is 0 Å². The summed E-state index contributed by atoms with van der Waals surface area (Å²) in [5.41, 5.74) is 2.48. The van der Waals surface area contributed by atoms with E-state index >= 15 is 0 Å². The molecule has 1 unspecified atom stereocenters. The van der Waals surface area contributed by atoms with Crippen molar-refractivity contribution in [2.75, 3.05) is 25.1 Å². The van der Waals surface area contributed by atoms with Gasteiger partial charge in [0.1, 0.15) is 16.5 Å². The van der Waals surface area contributed by atoms with Gasteiger partial charge in [0.25, 0.3) is 5.91 Å². The van der Waals surface area contributed by atoms with Crippen molar-refractivity contribution >= 4 is 23.4 Å². The molecule has 0 aliphatic carbocycles. The molecule has 0 radical (unpaired) electrons. The van der Waals surface area contributed by atoms with Crippen molar-refractivity contribution in [2.45, 2.75) is 36.6 Å². The van der Waals surface area contributed by atoms with Crippen LogP contribution in [0, 0.1) is 6.92 Å². The number of nitrogens with zero attached hydrogens (tertiary/aromatic N) is 3. The number of piperidine rings is 1. The largest absolute Gasteiger partial charge is 0.495 e. The summed E-state index contributed by atoms with van der Waals surface area (Å²) in [4.78, 5) is 19.8. The van der Waals surface area contributed by atoms with Crippen molar-refractivity contribution in [3.05, 3.63) is 65.7 Å². The van der Waals surface area contributed by atoms with Crippen LogP contribution in [0.4, 0.5) is 5.69 Å². The SMILES string of the molecule is COc1ccccc1N1CCCC(NC(=O)c2cccnc2SCc2cc(C)on2)C1. The van der Waals surface area contributed by atoms with Gasteiger partial charge >= 0.3 is 0 Å². The second-order valence-corrected chi connectivity index (χ2v) is 8.47. The average Bonchev–Trinajstić information content (AvgIpc) is 3.23. The van der Waals surface area contributed by atoms with Gasteiger partial charge in [0.05, 0.1) is 24.1 Å². The van der Waals surface area contributed by atoms with Crippen molar-refractivity contribution in [1.82, 2.24) is 15.5 Å². The lowest BCUT2D eigenvalue weighted by atomic mass is 10.0. The van der Waals surface area contributed by atoms with Crippen molar-refractivity contribution in [2.24, 2.45) is 0 Å². The lowest BCUT2D eigenvalue weighted by Gasteiger charge is -2.35. The van der Waals surface area contributed by atoms with E-state index in [1.807, 2.05) is 37.3 Å². The van der Waals surface area contributed by atoms with Gasteiger partial charge in [-0.25, -0.2) is 4.98 Å². The molecule has 1 saturated heterocycles. The number of carbonyl (C=O) groups is 1. The average molecular weight is 439 g/mol. The van der Waals surface area contributed by atoms with Gasteiger partial charge in [-0.1, -0.05) is 29.1 Å². The summed E-state index contributed by atoms with van der Waals surface area (Å²) in [5.74, 6) is 2.12. The Hall–Kier alpha value is -3.00. The quantitative estimate of drug-likeness (QED) is 0.557. The van der Waals surface area contributed by atoms with Crippen molar-refractivity contribution in [3.63, 3.8) is 0 Å². The van der Waals surface area contributed by atoms with Crippen LogP contribution in [0.25, 0.3) is 0 Å². The number of hydrogen-bond acceptors (Lipinski definition) is 7. The van der Waals surface area contributed by atoms with E-state index in [0.717, 1.165) is 48.8 Å². The van der Waals surface area contributed by atoms with Crippen LogP contribution in [-0.2, 0) is 5.75 Å². The van der Waals surface area contributed by atoms with Gasteiger partial charge in [0.15, 0.2) is 0 Å². The highest BCUT2D eigenvalue weighted by Crippen LogP contribution is 2.30. The first-order chi connectivity index (χ1) is 15.1. The van der Waals surface area contributed by atoms with Gasteiger partial charge in [0, 0.05) is 37.1 Å². The number of carbonyl (C=O) groups excluding carboxylic acids is 1. The summed E-state index contributed by atoms with van der Waals surface area (Å²) in [5, 5.41) is 7.91. The molecule has 1 N–H and O–H groups in total. The zero-order chi connectivity index (χ0) is 21.6. The topological polar surface area (TPSA) is 80.5 Å². The standard InChI is InChI=1S/C23H26N4O3S/c1-16-13-18(26-30-16)15-31-23-19(8-5-11-24-23)22(28)25-17-7-6-12-27(14-17)20-9-3-4-10-21(20)29-2/h3-5,8-11,13,17H,6-7,12,14-15H2,1-2H3,(H,25,28). The van der Waals surface area contributed by atoms with Crippen LogP contribution in [0.1, 0.15) is 34.7 Å². The molecule has 3 aromatic rings. The molecule has 0 saturated carbocycles. The highest BCUT2D eigenvalue weighted by molar-refractivity contribution is 7.98. The summed E-state index contributed by atoms with van der Waals surface area (Å²) in [6.45, 7) is 3.55. The number of methoxy groups -OCH3 is 1. The minimum atomic E-state index is -0.0983. The van der Waals surface area contributed by atoms with Crippen LogP contribution in [0.15, 0.2) is 58.2 Å². The number of thioether (sulfide) groups is 1. The second-order valence-electron chi connectivity index (χ2n) is 7.50. The Kier molecular flexibility index (Phi) is 6.76. The number of nitrogens with one attached hydrogen (secondary N) is 1. The minimum absolute atomic E-state index is 0.0578. The molecule has 1 atom stereocenters. The van der Waals surface area contributed by atoms with Crippen LogP contribution in [0.5, 0.6) is 5.75 Å². The maximum atomic E-state index is 13.1. The maximum Gasteiger partial charge on any atom is 0.254 e. The Balaban J connectivity index is 1.42. The molecule has 0 spiro atoms. The molecule has 7 nitrogen and oxygen atoms in total. The number of amides is 1. The van der Waals surface area contributed by atoms with Crippen LogP contribution in [-0.4, -0.2) is 42.3 Å². The lowest BCUT2D eigenvalue weighted by molar-refractivity contribution is 0.0929. The summed E-state index contributed by atoms with van der Waals surface area (Å²) in [6.07, 6.45) is 3.65. The highest BCUT2D eigenvalue weighted by atomic mass is 32.2. The van der Waals surface area contributed by atoms with E-state index < -0.39 is 0 Å². The number of hydrogen-bond donors (Lipinski definition) is 1. The fourth-order valence-corrected chi connectivity index (χ4v) is 4.65. The van der Waals surface area contributed by atoms with E-state index in [4.69, 9.17) is 9.26 Å². The number of benzene rings is 1. The summed E-state index contributed by atoms with van der Waals surface area (Å²) < 4.78 is 10.6. The molecule has 31 heavy (non-hydrogen) atoms. The molecule has 1 fully saturated rings. The molecule has 1 amide bonds. The molecule has 1 aliphatic rings. The minimum Gasteiger partial charge on any atom is -0.495 e. The van der Waals surface area contributed by atoms with Crippen LogP contribution >= 0.6 is 11.8 Å². The number of ether oxygens (including phenoxy) is 1. The number of pyridine rings is 1. The zero-order valence-corrected chi connectivity index (χ0v) is 18.5. The third-order valence-corrected chi connectivity index (χ3v) is 6.27. The Labute approximate surface area is 186 Å². The molecular formula is C23H26N4O3S. The number of aromatic nitrogens is 2. The van der Waals surface area contributed by atoms with Crippen molar-refractivity contribution in [3.8, 4) is 5.75 Å². The monoisotopic (exact) mass is 438 g/mol. The van der Waals surface area contributed by atoms with Gasteiger partial charge in [-0.3, -0.25) is 4.79 Å². The predicted octanol–water partition coefficient (Wildman–Crippen LogP) is 4.08. The molecule has 3 heterocycles. The Morgan fingerprint density at radius 3 is 3.00 bits per heavy atom. The second kappa shape index (κ2) is 9.87.